The first-order chi connectivity index (χ1) is 11.6. The van der Waals surface area contributed by atoms with Gasteiger partial charge in [0.1, 0.15) is 5.69 Å². The third-order valence-corrected chi connectivity index (χ3v) is 3.98. The van der Waals surface area contributed by atoms with Crippen LogP contribution >= 0.6 is 11.8 Å². The number of carbonyl (C=O) groups is 1. The number of nitrogens with one attached hydrogen (secondary N) is 1. The minimum absolute atomic E-state index is 0.0323. The summed E-state index contributed by atoms with van der Waals surface area (Å²) in [5.74, 6) is 3.21. The lowest BCUT2D eigenvalue weighted by atomic mass is 10.2. The Morgan fingerprint density at radius 2 is 2.04 bits per heavy atom. The van der Waals surface area contributed by atoms with Crippen molar-refractivity contribution in [2.75, 3.05) is 11.2 Å². The number of hydrogen-bond donors (Lipinski definition) is 2. The van der Waals surface area contributed by atoms with Gasteiger partial charge in [-0.1, -0.05) is 23.9 Å². The Hall–Kier alpha value is -2.83. The maximum Gasteiger partial charge on any atom is 0.453 e. The van der Waals surface area contributed by atoms with Crippen molar-refractivity contribution in [3.8, 4) is 0 Å². The first-order valence-electron chi connectivity index (χ1n) is 6.60. The summed E-state index contributed by atoms with van der Waals surface area (Å²) in [6.45, 7) is 1.39. The lowest BCUT2D eigenvalue weighted by Crippen LogP contribution is -2.25. The van der Waals surface area contributed by atoms with Crippen molar-refractivity contribution in [2.24, 2.45) is 0 Å². The number of halogens is 3. The second-order valence-corrected chi connectivity index (χ2v) is 6.01. The van der Waals surface area contributed by atoms with Crippen molar-refractivity contribution in [3.63, 3.8) is 0 Å². The molecule has 1 aromatic heterocycles. The largest absolute Gasteiger partial charge is 0.453 e. The number of nitrogen functional groups attached to an aromatic ring is 1. The monoisotopic (exact) mass is 376 g/mol. The van der Waals surface area contributed by atoms with Gasteiger partial charge in [-0.2, -0.15) is 13.2 Å². The highest BCUT2D eigenvalue weighted by Gasteiger charge is 2.38. The highest BCUT2D eigenvalue weighted by Crippen LogP contribution is 2.30. The Balaban J connectivity index is 2.12. The molecule has 13 heteroatoms. The molecule has 3 N–H and O–H groups in total. The average Bonchev–Trinajstić information content (AvgIpc) is 2.88. The van der Waals surface area contributed by atoms with Crippen LogP contribution in [0.15, 0.2) is 29.4 Å². The zero-order chi connectivity index (χ0) is 18.8. The maximum absolute atomic E-state index is 12.6. The van der Waals surface area contributed by atoms with Gasteiger partial charge in [0.15, 0.2) is 0 Å². The number of thioether (sulfide) groups is 1. The van der Waals surface area contributed by atoms with E-state index >= 15 is 0 Å². The van der Waals surface area contributed by atoms with Gasteiger partial charge in [0.2, 0.25) is 11.1 Å². The molecule has 0 saturated carbocycles. The molecule has 25 heavy (non-hydrogen) atoms. The summed E-state index contributed by atoms with van der Waals surface area (Å²) in [5, 5.41) is 18.2. The molecular weight excluding hydrogens is 365 g/mol. The molecule has 2 rings (SSSR count). The molecule has 0 aliphatic heterocycles. The number of amides is 1. The Morgan fingerprint density at radius 1 is 1.40 bits per heavy atom. The standard InChI is InChI=1S/C12H11F3N6O3S/c1-6(25-11-19-18-10(20(11)16)12(13,14)15)9(22)17-7-4-2-3-5-8(7)21(23)24/h2-6H,16H2,1H3,(H,17,22). The topological polar surface area (TPSA) is 129 Å². The fraction of sp³-hybridized carbons (Fsp3) is 0.250. The number of alkyl halides is 3. The molecule has 9 nitrogen and oxygen atoms in total. The van der Waals surface area contributed by atoms with Crippen LogP contribution in [-0.4, -0.2) is 31.0 Å². The van der Waals surface area contributed by atoms with Crippen molar-refractivity contribution < 1.29 is 22.9 Å². The van der Waals surface area contributed by atoms with Crippen molar-refractivity contribution in [3.05, 3.63) is 40.2 Å². The first kappa shape index (κ1) is 18.5. The second kappa shape index (κ2) is 6.96. The molecule has 1 unspecified atom stereocenters. The SMILES string of the molecule is CC(Sc1nnc(C(F)(F)F)n1N)C(=O)Nc1ccccc1[N+](=O)[O-]. The van der Waals surface area contributed by atoms with Gasteiger partial charge in [0.05, 0.1) is 10.2 Å². The summed E-state index contributed by atoms with van der Waals surface area (Å²) in [6, 6.07) is 5.47. The summed E-state index contributed by atoms with van der Waals surface area (Å²) in [4.78, 5) is 22.4. The number of rotatable bonds is 5. The van der Waals surface area contributed by atoms with E-state index in [2.05, 4.69) is 15.5 Å². The van der Waals surface area contributed by atoms with Crippen LogP contribution in [0.2, 0.25) is 0 Å². The number of nitrogens with zero attached hydrogens (tertiary/aromatic N) is 4. The lowest BCUT2D eigenvalue weighted by molar-refractivity contribution is -0.383. The fourth-order valence-electron chi connectivity index (χ4n) is 1.74. The normalized spacial score (nSPS) is 12.6. The molecule has 1 heterocycles. The van der Waals surface area contributed by atoms with E-state index in [1.54, 1.807) is 0 Å². The van der Waals surface area contributed by atoms with Crippen LogP contribution in [0.1, 0.15) is 12.7 Å². The van der Waals surface area contributed by atoms with Gasteiger partial charge in [-0.05, 0) is 13.0 Å². The third-order valence-electron chi connectivity index (χ3n) is 2.93. The van der Waals surface area contributed by atoms with Gasteiger partial charge >= 0.3 is 6.18 Å². The quantitative estimate of drug-likeness (QED) is 0.353. The molecule has 0 spiro atoms. The predicted octanol–water partition coefficient (Wildman–Crippen LogP) is 2.04. The minimum Gasteiger partial charge on any atom is -0.335 e. The molecule has 0 fully saturated rings. The number of benzene rings is 1. The number of nitro benzene ring substituents is 1. The zero-order valence-corrected chi connectivity index (χ0v) is 13.3. The van der Waals surface area contributed by atoms with E-state index in [1.165, 1.54) is 31.2 Å². The zero-order valence-electron chi connectivity index (χ0n) is 12.5. The lowest BCUT2D eigenvalue weighted by Gasteiger charge is -2.12. The molecule has 134 valence electrons. The van der Waals surface area contributed by atoms with Crippen LogP contribution in [0, 0.1) is 10.1 Å². The van der Waals surface area contributed by atoms with Gasteiger partial charge in [-0.15, -0.1) is 10.2 Å². The van der Waals surface area contributed by atoms with E-state index in [1.807, 2.05) is 0 Å². The number of anilines is 1. The summed E-state index contributed by atoms with van der Waals surface area (Å²) in [7, 11) is 0. The van der Waals surface area contributed by atoms with E-state index in [4.69, 9.17) is 5.84 Å². The Kier molecular flexibility index (Phi) is 5.15. The Labute approximate surface area is 142 Å². The van der Waals surface area contributed by atoms with E-state index in [-0.39, 0.29) is 21.2 Å². The number of carbonyl (C=O) groups excluding carboxylic acids is 1. The van der Waals surface area contributed by atoms with Crippen LogP contribution < -0.4 is 11.2 Å². The molecule has 0 radical (unpaired) electrons. The molecule has 0 bridgehead atoms. The van der Waals surface area contributed by atoms with Gasteiger partial charge < -0.3 is 11.2 Å². The number of para-hydroxylation sites is 2. The van der Waals surface area contributed by atoms with Crippen molar-refractivity contribution in [1.82, 2.24) is 14.9 Å². The molecule has 0 aliphatic carbocycles. The van der Waals surface area contributed by atoms with Crippen LogP contribution in [0.3, 0.4) is 0 Å². The summed E-state index contributed by atoms with van der Waals surface area (Å²) in [6.07, 6.45) is -4.78. The second-order valence-electron chi connectivity index (χ2n) is 4.70. The smallest absolute Gasteiger partial charge is 0.335 e. The highest BCUT2D eigenvalue weighted by molar-refractivity contribution is 8.00. The fourth-order valence-corrected chi connectivity index (χ4v) is 2.51. The third kappa shape index (κ3) is 4.17. The molecule has 2 aromatic rings. The van der Waals surface area contributed by atoms with Crippen LogP contribution in [0.25, 0.3) is 0 Å². The van der Waals surface area contributed by atoms with E-state index < -0.39 is 28.1 Å². The minimum atomic E-state index is -4.78. The molecule has 1 amide bonds. The highest BCUT2D eigenvalue weighted by atomic mass is 32.2. The molecule has 0 saturated heterocycles. The van der Waals surface area contributed by atoms with E-state index in [0.717, 1.165) is 0 Å². The van der Waals surface area contributed by atoms with Gasteiger partial charge in [-0.25, -0.2) is 4.68 Å². The molecule has 1 aromatic carbocycles. The maximum atomic E-state index is 12.6. The molecule has 0 aliphatic rings. The number of aromatic nitrogens is 3. The van der Waals surface area contributed by atoms with Gasteiger partial charge in [0, 0.05) is 6.07 Å². The summed E-state index contributed by atoms with van der Waals surface area (Å²) >= 11 is 0.631. The van der Waals surface area contributed by atoms with Crippen molar-refractivity contribution in [2.45, 2.75) is 23.5 Å². The van der Waals surface area contributed by atoms with Crippen LogP contribution in [0.4, 0.5) is 24.5 Å². The summed E-state index contributed by atoms with van der Waals surface area (Å²) in [5.41, 5.74) is -0.343. The van der Waals surface area contributed by atoms with Crippen LogP contribution in [-0.2, 0) is 11.0 Å². The number of nitrogens with two attached hydrogens (primary N) is 1. The van der Waals surface area contributed by atoms with Crippen molar-refractivity contribution >= 4 is 29.0 Å². The van der Waals surface area contributed by atoms with E-state index in [0.29, 0.717) is 11.8 Å². The average molecular weight is 376 g/mol. The Morgan fingerprint density at radius 3 is 2.60 bits per heavy atom. The van der Waals surface area contributed by atoms with E-state index in [9.17, 15) is 28.1 Å². The first-order valence-corrected chi connectivity index (χ1v) is 7.48. The van der Waals surface area contributed by atoms with Gasteiger partial charge in [0.25, 0.3) is 11.5 Å². The Bertz CT molecular complexity index is 810. The number of nitro groups is 1. The molecule has 1 atom stereocenters. The summed E-state index contributed by atoms with van der Waals surface area (Å²) < 4.78 is 38.1. The van der Waals surface area contributed by atoms with Crippen LogP contribution in [0.5, 0.6) is 0 Å². The number of hydrogen-bond acceptors (Lipinski definition) is 7. The van der Waals surface area contributed by atoms with Crippen molar-refractivity contribution in [1.29, 1.82) is 0 Å². The van der Waals surface area contributed by atoms with Gasteiger partial charge in [-0.3, -0.25) is 14.9 Å². The molecular formula is C12H11F3N6O3S. The predicted molar refractivity (Wildman–Crippen MR) is 82.2 cm³/mol.